The van der Waals surface area contributed by atoms with Crippen molar-refractivity contribution in [3.05, 3.63) is 15.5 Å². The van der Waals surface area contributed by atoms with Crippen LogP contribution in [0.25, 0.3) is 0 Å². The first-order valence-corrected chi connectivity index (χ1v) is 4.37. The number of halogens is 1. The van der Waals surface area contributed by atoms with Crippen molar-refractivity contribution in [2.24, 2.45) is 0 Å². The predicted octanol–water partition coefficient (Wildman–Crippen LogP) is 1.05. The van der Waals surface area contributed by atoms with Crippen molar-refractivity contribution in [3.8, 4) is 0 Å². The van der Waals surface area contributed by atoms with Crippen LogP contribution in [-0.4, -0.2) is 23.7 Å². The number of thiazole rings is 1. The van der Waals surface area contributed by atoms with Crippen LogP contribution in [0.15, 0.2) is 6.20 Å². The number of hydrogen-bond donors (Lipinski definition) is 2. The van der Waals surface area contributed by atoms with E-state index in [9.17, 15) is 5.11 Å². The van der Waals surface area contributed by atoms with Crippen LogP contribution in [0.4, 0.5) is 0 Å². The molecule has 1 heterocycles. The van der Waals surface area contributed by atoms with Gasteiger partial charge in [0.2, 0.25) is 0 Å². The van der Waals surface area contributed by atoms with E-state index in [2.05, 4.69) is 10.3 Å². The van der Waals surface area contributed by atoms with E-state index >= 15 is 0 Å². The monoisotopic (exact) mass is 192 g/mol. The van der Waals surface area contributed by atoms with Crippen LogP contribution in [0.2, 0.25) is 4.47 Å². The van der Waals surface area contributed by atoms with Crippen molar-refractivity contribution in [2.45, 2.75) is 6.10 Å². The average Bonchev–Trinajstić information content (AvgIpc) is 2.36. The minimum atomic E-state index is -0.495. The molecule has 1 atom stereocenters. The van der Waals surface area contributed by atoms with Gasteiger partial charge in [0.05, 0.1) is 4.88 Å². The van der Waals surface area contributed by atoms with Crippen LogP contribution in [0, 0.1) is 0 Å². The SMILES string of the molecule is CNCC(O)c1cnc(Cl)s1. The Balaban J connectivity index is 2.60. The second kappa shape index (κ2) is 4.01. The quantitative estimate of drug-likeness (QED) is 0.753. The van der Waals surface area contributed by atoms with E-state index in [1.54, 1.807) is 13.2 Å². The third-order valence-electron chi connectivity index (χ3n) is 1.22. The number of aliphatic hydroxyl groups is 1. The van der Waals surface area contributed by atoms with E-state index < -0.39 is 6.10 Å². The summed E-state index contributed by atoms with van der Waals surface area (Å²) in [6.07, 6.45) is 1.10. The van der Waals surface area contributed by atoms with Gasteiger partial charge in [-0.15, -0.1) is 11.3 Å². The molecule has 0 saturated heterocycles. The number of nitrogens with one attached hydrogen (secondary N) is 1. The number of aliphatic hydroxyl groups excluding tert-OH is 1. The number of hydrogen-bond acceptors (Lipinski definition) is 4. The molecule has 0 radical (unpaired) electrons. The molecule has 3 nitrogen and oxygen atoms in total. The number of aromatic nitrogens is 1. The van der Waals surface area contributed by atoms with E-state index in [0.717, 1.165) is 4.88 Å². The first-order valence-electron chi connectivity index (χ1n) is 3.18. The lowest BCUT2D eigenvalue weighted by Crippen LogP contribution is -2.15. The lowest BCUT2D eigenvalue weighted by atomic mass is 10.3. The number of likely N-dealkylation sites (N-methyl/N-ethyl adjacent to an activating group) is 1. The van der Waals surface area contributed by atoms with Gasteiger partial charge < -0.3 is 10.4 Å². The van der Waals surface area contributed by atoms with Crippen molar-refractivity contribution in [1.82, 2.24) is 10.3 Å². The van der Waals surface area contributed by atoms with Gasteiger partial charge in [0.1, 0.15) is 6.10 Å². The predicted molar refractivity (Wildman–Crippen MR) is 46.0 cm³/mol. The molecule has 0 bridgehead atoms. The molecule has 2 N–H and O–H groups in total. The van der Waals surface area contributed by atoms with Crippen LogP contribution < -0.4 is 5.32 Å². The highest BCUT2D eigenvalue weighted by Crippen LogP contribution is 2.23. The van der Waals surface area contributed by atoms with Crippen LogP contribution in [-0.2, 0) is 0 Å². The lowest BCUT2D eigenvalue weighted by Gasteiger charge is -2.04. The molecule has 1 rings (SSSR count). The minimum Gasteiger partial charge on any atom is -0.386 e. The average molecular weight is 193 g/mol. The molecule has 0 aliphatic rings. The maximum absolute atomic E-state index is 9.38. The third-order valence-corrected chi connectivity index (χ3v) is 2.44. The summed E-state index contributed by atoms with van der Waals surface area (Å²) in [5.74, 6) is 0. The Labute approximate surface area is 74.0 Å². The number of nitrogens with zero attached hydrogens (tertiary/aromatic N) is 1. The van der Waals surface area contributed by atoms with E-state index in [-0.39, 0.29) is 0 Å². The summed E-state index contributed by atoms with van der Waals surface area (Å²) < 4.78 is 0.468. The number of rotatable bonds is 3. The summed E-state index contributed by atoms with van der Waals surface area (Å²) in [6.45, 7) is 0.526. The van der Waals surface area contributed by atoms with Gasteiger partial charge in [0.15, 0.2) is 4.47 Å². The molecule has 1 aromatic rings. The molecule has 0 saturated carbocycles. The first-order chi connectivity index (χ1) is 5.24. The normalized spacial score (nSPS) is 13.4. The maximum Gasteiger partial charge on any atom is 0.183 e. The van der Waals surface area contributed by atoms with Gasteiger partial charge in [-0.05, 0) is 7.05 Å². The van der Waals surface area contributed by atoms with E-state index in [1.807, 2.05) is 0 Å². The van der Waals surface area contributed by atoms with E-state index in [0.29, 0.717) is 11.0 Å². The standard InChI is InChI=1S/C6H9ClN2OS/c1-8-2-4(10)5-3-9-6(7)11-5/h3-4,8,10H,2H2,1H3. The Morgan fingerprint density at radius 3 is 3.09 bits per heavy atom. The van der Waals surface area contributed by atoms with Gasteiger partial charge in [0, 0.05) is 12.7 Å². The molecule has 1 unspecified atom stereocenters. The van der Waals surface area contributed by atoms with Gasteiger partial charge in [-0.3, -0.25) is 0 Å². The first kappa shape index (κ1) is 8.93. The van der Waals surface area contributed by atoms with Gasteiger partial charge in [-0.1, -0.05) is 11.6 Å². The van der Waals surface area contributed by atoms with Gasteiger partial charge in [-0.25, -0.2) is 4.98 Å². The van der Waals surface area contributed by atoms with Gasteiger partial charge in [0.25, 0.3) is 0 Å². The van der Waals surface area contributed by atoms with Crippen molar-refractivity contribution < 1.29 is 5.11 Å². The summed E-state index contributed by atoms with van der Waals surface area (Å²) in [5.41, 5.74) is 0. The molecule has 0 aliphatic carbocycles. The smallest absolute Gasteiger partial charge is 0.183 e. The molecule has 11 heavy (non-hydrogen) atoms. The molecule has 0 amide bonds. The van der Waals surface area contributed by atoms with E-state index in [4.69, 9.17) is 11.6 Å². The third kappa shape index (κ3) is 2.41. The van der Waals surface area contributed by atoms with E-state index in [1.165, 1.54) is 11.3 Å². The molecule has 0 aromatic carbocycles. The second-order valence-electron chi connectivity index (χ2n) is 2.09. The largest absolute Gasteiger partial charge is 0.386 e. The lowest BCUT2D eigenvalue weighted by molar-refractivity contribution is 0.181. The Morgan fingerprint density at radius 1 is 1.91 bits per heavy atom. The topological polar surface area (TPSA) is 45.1 Å². The molecule has 62 valence electrons. The molecule has 5 heteroatoms. The fraction of sp³-hybridized carbons (Fsp3) is 0.500. The highest BCUT2D eigenvalue weighted by Gasteiger charge is 2.08. The Morgan fingerprint density at radius 2 is 2.64 bits per heavy atom. The van der Waals surface area contributed by atoms with Crippen molar-refractivity contribution in [3.63, 3.8) is 0 Å². The summed E-state index contributed by atoms with van der Waals surface area (Å²) in [5, 5.41) is 12.2. The summed E-state index contributed by atoms with van der Waals surface area (Å²) in [7, 11) is 1.78. The minimum absolute atomic E-state index is 0.468. The maximum atomic E-state index is 9.38. The zero-order valence-corrected chi connectivity index (χ0v) is 7.61. The second-order valence-corrected chi connectivity index (χ2v) is 3.73. The fourth-order valence-corrected chi connectivity index (χ4v) is 1.65. The van der Waals surface area contributed by atoms with Crippen molar-refractivity contribution >= 4 is 22.9 Å². The molecule has 0 spiro atoms. The molecule has 1 aromatic heterocycles. The molecule has 0 fully saturated rings. The highest BCUT2D eigenvalue weighted by atomic mass is 35.5. The fourth-order valence-electron chi connectivity index (χ4n) is 0.712. The molecule has 0 aliphatic heterocycles. The summed E-state index contributed by atoms with van der Waals surface area (Å²) in [6, 6.07) is 0. The van der Waals surface area contributed by atoms with Crippen molar-refractivity contribution in [2.75, 3.05) is 13.6 Å². The van der Waals surface area contributed by atoms with Crippen LogP contribution in [0.5, 0.6) is 0 Å². The zero-order valence-electron chi connectivity index (χ0n) is 6.04. The van der Waals surface area contributed by atoms with Crippen LogP contribution >= 0.6 is 22.9 Å². The van der Waals surface area contributed by atoms with Crippen LogP contribution in [0.3, 0.4) is 0 Å². The van der Waals surface area contributed by atoms with Gasteiger partial charge in [-0.2, -0.15) is 0 Å². The molecular formula is C6H9ClN2OS. The zero-order chi connectivity index (χ0) is 8.27. The highest BCUT2D eigenvalue weighted by molar-refractivity contribution is 7.15. The Kier molecular flexibility index (Phi) is 3.26. The summed E-state index contributed by atoms with van der Waals surface area (Å²) >= 11 is 6.88. The van der Waals surface area contributed by atoms with Crippen molar-refractivity contribution in [1.29, 1.82) is 0 Å². The Bertz CT molecular complexity index is 228. The van der Waals surface area contributed by atoms with Gasteiger partial charge >= 0.3 is 0 Å². The summed E-state index contributed by atoms with van der Waals surface area (Å²) in [4.78, 5) is 4.61. The van der Waals surface area contributed by atoms with Crippen LogP contribution in [0.1, 0.15) is 11.0 Å². The molecular weight excluding hydrogens is 184 g/mol. The Hall–Kier alpha value is -0.160.